The van der Waals surface area contributed by atoms with Crippen LogP contribution in [0.25, 0.3) is 0 Å². The Labute approximate surface area is 99.0 Å². The summed E-state index contributed by atoms with van der Waals surface area (Å²) >= 11 is 0. The van der Waals surface area contributed by atoms with Crippen LogP contribution in [-0.2, 0) is 0 Å². The van der Waals surface area contributed by atoms with Crippen LogP contribution >= 0.6 is 0 Å². The molecule has 0 aromatic heterocycles. The first-order valence-electron chi connectivity index (χ1n) is 6.04. The molecule has 0 aliphatic rings. The molecular formula is C14H23NO. The van der Waals surface area contributed by atoms with Gasteiger partial charge in [-0.3, -0.25) is 0 Å². The van der Waals surface area contributed by atoms with E-state index in [4.69, 9.17) is 4.74 Å². The van der Waals surface area contributed by atoms with Gasteiger partial charge in [0.25, 0.3) is 0 Å². The Kier molecular flexibility index (Phi) is 4.66. The van der Waals surface area contributed by atoms with E-state index in [0.29, 0.717) is 18.6 Å². The number of ether oxygens (including phenoxy) is 1. The van der Waals surface area contributed by atoms with Crippen LogP contribution in [0.15, 0.2) is 18.2 Å². The van der Waals surface area contributed by atoms with Gasteiger partial charge in [0.05, 0.1) is 6.61 Å². The molecule has 1 aromatic carbocycles. The number of anilines is 1. The SMILES string of the molecule is CCOc1ccc(NC(C)C(C)C)c(C)c1. The summed E-state index contributed by atoms with van der Waals surface area (Å²) < 4.78 is 5.47. The molecule has 1 rings (SSSR count). The van der Waals surface area contributed by atoms with Crippen molar-refractivity contribution < 1.29 is 4.74 Å². The maximum atomic E-state index is 5.47. The summed E-state index contributed by atoms with van der Waals surface area (Å²) in [6, 6.07) is 6.68. The Hall–Kier alpha value is -1.18. The van der Waals surface area contributed by atoms with Crippen molar-refractivity contribution in [2.45, 2.75) is 40.7 Å². The Morgan fingerprint density at radius 2 is 1.94 bits per heavy atom. The fraction of sp³-hybridized carbons (Fsp3) is 0.571. The first kappa shape index (κ1) is 12.9. The highest BCUT2D eigenvalue weighted by atomic mass is 16.5. The topological polar surface area (TPSA) is 21.3 Å². The number of rotatable bonds is 5. The summed E-state index contributed by atoms with van der Waals surface area (Å²) in [5.74, 6) is 1.58. The van der Waals surface area contributed by atoms with E-state index in [1.54, 1.807) is 0 Å². The van der Waals surface area contributed by atoms with Crippen molar-refractivity contribution in [1.82, 2.24) is 0 Å². The lowest BCUT2D eigenvalue weighted by atomic mass is 10.1. The minimum Gasteiger partial charge on any atom is -0.494 e. The second-order valence-corrected chi connectivity index (χ2v) is 4.59. The van der Waals surface area contributed by atoms with Gasteiger partial charge in [-0.25, -0.2) is 0 Å². The minimum absolute atomic E-state index is 0.483. The number of hydrogen-bond donors (Lipinski definition) is 1. The standard InChI is InChI=1S/C14H23NO/c1-6-16-13-7-8-14(11(4)9-13)15-12(5)10(2)3/h7-10,12,15H,6H2,1-5H3. The van der Waals surface area contributed by atoms with Crippen molar-refractivity contribution in [1.29, 1.82) is 0 Å². The largest absolute Gasteiger partial charge is 0.494 e. The summed E-state index contributed by atoms with van der Waals surface area (Å²) in [6.07, 6.45) is 0. The minimum atomic E-state index is 0.483. The average molecular weight is 221 g/mol. The molecule has 0 saturated carbocycles. The highest BCUT2D eigenvalue weighted by Gasteiger charge is 2.08. The van der Waals surface area contributed by atoms with E-state index in [9.17, 15) is 0 Å². The molecule has 1 aromatic rings. The van der Waals surface area contributed by atoms with Crippen LogP contribution in [0.5, 0.6) is 5.75 Å². The normalized spacial score (nSPS) is 12.6. The lowest BCUT2D eigenvalue weighted by Crippen LogP contribution is -2.21. The van der Waals surface area contributed by atoms with Gasteiger partial charge in [0.15, 0.2) is 0 Å². The lowest BCUT2D eigenvalue weighted by Gasteiger charge is -2.20. The Morgan fingerprint density at radius 1 is 1.25 bits per heavy atom. The van der Waals surface area contributed by atoms with Crippen molar-refractivity contribution in [2.24, 2.45) is 5.92 Å². The quantitative estimate of drug-likeness (QED) is 0.815. The molecular weight excluding hydrogens is 198 g/mol. The molecule has 0 aliphatic carbocycles. The zero-order valence-corrected chi connectivity index (χ0v) is 11.0. The fourth-order valence-electron chi connectivity index (χ4n) is 1.47. The molecule has 0 fully saturated rings. The van der Waals surface area contributed by atoms with Gasteiger partial charge in [-0.05, 0) is 50.5 Å². The lowest BCUT2D eigenvalue weighted by molar-refractivity contribution is 0.340. The molecule has 1 atom stereocenters. The van der Waals surface area contributed by atoms with Gasteiger partial charge in [0.1, 0.15) is 5.75 Å². The Morgan fingerprint density at radius 3 is 2.44 bits per heavy atom. The van der Waals surface area contributed by atoms with Crippen molar-refractivity contribution in [3.05, 3.63) is 23.8 Å². The number of aryl methyl sites for hydroxylation is 1. The van der Waals surface area contributed by atoms with E-state index >= 15 is 0 Å². The van der Waals surface area contributed by atoms with Crippen LogP contribution in [-0.4, -0.2) is 12.6 Å². The Bertz CT molecular complexity index is 334. The third-order valence-electron chi connectivity index (χ3n) is 2.89. The van der Waals surface area contributed by atoms with Crippen LogP contribution in [0.3, 0.4) is 0 Å². The predicted octanol–water partition coefficient (Wildman–Crippen LogP) is 3.85. The number of nitrogens with one attached hydrogen (secondary N) is 1. The average Bonchev–Trinajstić information content (AvgIpc) is 2.22. The van der Waals surface area contributed by atoms with E-state index in [1.165, 1.54) is 11.3 Å². The van der Waals surface area contributed by atoms with Crippen molar-refractivity contribution in [2.75, 3.05) is 11.9 Å². The highest BCUT2D eigenvalue weighted by Crippen LogP contribution is 2.22. The molecule has 0 radical (unpaired) electrons. The zero-order chi connectivity index (χ0) is 12.1. The monoisotopic (exact) mass is 221 g/mol. The van der Waals surface area contributed by atoms with E-state index in [-0.39, 0.29) is 0 Å². The molecule has 2 nitrogen and oxygen atoms in total. The molecule has 16 heavy (non-hydrogen) atoms. The van der Waals surface area contributed by atoms with Crippen molar-refractivity contribution in [3.63, 3.8) is 0 Å². The third-order valence-corrected chi connectivity index (χ3v) is 2.89. The molecule has 0 amide bonds. The molecule has 1 N–H and O–H groups in total. The van der Waals surface area contributed by atoms with Crippen LogP contribution in [0, 0.1) is 12.8 Å². The van der Waals surface area contributed by atoms with Gasteiger partial charge < -0.3 is 10.1 Å². The van der Waals surface area contributed by atoms with Crippen LogP contribution in [0.2, 0.25) is 0 Å². The van der Waals surface area contributed by atoms with Crippen LogP contribution in [0.1, 0.15) is 33.3 Å². The predicted molar refractivity (Wildman–Crippen MR) is 70.3 cm³/mol. The first-order valence-corrected chi connectivity index (χ1v) is 6.04. The number of hydrogen-bond acceptors (Lipinski definition) is 2. The maximum absolute atomic E-state index is 5.47. The smallest absolute Gasteiger partial charge is 0.119 e. The van der Waals surface area contributed by atoms with E-state index in [2.05, 4.69) is 45.1 Å². The molecule has 0 saturated heterocycles. The van der Waals surface area contributed by atoms with Gasteiger partial charge in [0.2, 0.25) is 0 Å². The van der Waals surface area contributed by atoms with E-state index < -0.39 is 0 Å². The number of benzene rings is 1. The molecule has 2 heteroatoms. The third kappa shape index (κ3) is 3.44. The van der Waals surface area contributed by atoms with E-state index in [0.717, 1.165) is 5.75 Å². The summed E-state index contributed by atoms with van der Waals surface area (Å²) in [6.45, 7) is 11.5. The molecule has 1 unspecified atom stereocenters. The molecule has 90 valence electrons. The molecule has 0 heterocycles. The second kappa shape index (κ2) is 5.78. The van der Waals surface area contributed by atoms with Crippen molar-refractivity contribution >= 4 is 5.69 Å². The van der Waals surface area contributed by atoms with Crippen LogP contribution < -0.4 is 10.1 Å². The summed E-state index contributed by atoms with van der Waals surface area (Å²) in [4.78, 5) is 0. The van der Waals surface area contributed by atoms with E-state index in [1.807, 2.05) is 13.0 Å². The fourth-order valence-corrected chi connectivity index (χ4v) is 1.47. The van der Waals surface area contributed by atoms with Crippen LogP contribution in [0.4, 0.5) is 5.69 Å². The van der Waals surface area contributed by atoms with Gasteiger partial charge in [-0.15, -0.1) is 0 Å². The van der Waals surface area contributed by atoms with Gasteiger partial charge >= 0.3 is 0 Å². The zero-order valence-electron chi connectivity index (χ0n) is 11.0. The maximum Gasteiger partial charge on any atom is 0.119 e. The molecule has 0 spiro atoms. The molecule has 0 bridgehead atoms. The van der Waals surface area contributed by atoms with Crippen molar-refractivity contribution in [3.8, 4) is 5.75 Å². The van der Waals surface area contributed by atoms with Gasteiger partial charge in [-0.2, -0.15) is 0 Å². The molecule has 0 aliphatic heterocycles. The Balaban J connectivity index is 2.75. The van der Waals surface area contributed by atoms with Gasteiger partial charge in [0, 0.05) is 11.7 Å². The first-order chi connectivity index (χ1) is 7.54. The van der Waals surface area contributed by atoms with Gasteiger partial charge in [-0.1, -0.05) is 13.8 Å². The summed E-state index contributed by atoms with van der Waals surface area (Å²) in [5, 5.41) is 3.52. The summed E-state index contributed by atoms with van der Waals surface area (Å²) in [7, 11) is 0. The second-order valence-electron chi connectivity index (χ2n) is 4.59. The summed E-state index contributed by atoms with van der Waals surface area (Å²) in [5.41, 5.74) is 2.43. The highest BCUT2D eigenvalue weighted by molar-refractivity contribution is 5.54.